The van der Waals surface area contributed by atoms with Crippen LogP contribution in [-0.2, 0) is 4.79 Å². The minimum absolute atomic E-state index is 0.0858. The van der Waals surface area contributed by atoms with E-state index in [1.165, 1.54) is 6.92 Å². The molecule has 0 saturated carbocycles. The quantitative estimate of drug-likeness (QED) is 0.773. The van der Waals surface area contributed by atoms with Gasteiger partial charge in [-0.25, -0.2) is 0 Å². The van der Waals surface area contributed by atoms with Gasteiger partial charge in [0.15, 0.2) is 10.9 Å². The van der Waals surface area contributed by atoms with Crippen LogP contribution in [0.4, 0.5) is 0 Å². The molecule has 0 unspecified atom stereocenters. The second-order valence-electron chi connectivity index (χ2n) is 5.38. The first-order chi connectivity index (χ1) is 11.5. The lowest BCUT2D eigenvalue weighted by Gasteiger charge is -2.32. The Balaban J connectivity index is 2.25. The monoisotopic (exact) mass is 376 g/mol. The van der Waals surface area contributed by atoms with Gasteiger partial charge in [0.2, 0.25) is 0 Å². The highest BCUT2D eigenvalue weighted by Gasteiger charge is 2.32. The first kappa shape index (κ1) is 17.0. The number of carbonyl (C=O) groups excluding carboxylic acids is 1. The zero-order valence-corrected chi connectivity index (χ0v) is 15.1. The van der Waals surface area contributed by atoms with Crippen LogP contribution in [0.15, 0.2) is 54.1 Å². The van der Waals surface area contributed by atoms with E-state index in [0.29, 0.717) is 32.0 Å². The maximum atomic E-state index is 12.4. The summed E-state index contributed by atoms with van der Waals surface area (Å²) >= 11 is 18.0. The molecule has 1 aliphatic heterocycles. The zero-order chi connectivity index (χ0) is 17.3. The average Bonchev–Trinajstić information content (AvgIpc) is 2.54. The van der Waals surface area contributed by atoms with Crippen LogP contribution >= 0.6 is 35.4 Å². The standard InChI is InChI=1S/C18H14Cl2N2OS/c1-10(23)14-16(11-6-3-2-4-7-11)21-18(24)22-17(14)15-12(19)8-5-9-13(15)20/h2-9,17H,1H3,(H2,21,22,24)/t17-/m0/s1. The number of rotatable bonds is 3. The van der Waals surface area contributed by atoms with Gasteiger partial charge in [-0.15, -0.1) is 0 Å². The second kappa shape index (κ2) is 6.93. The average molecular weight is 377 g/mol. The van der Waals surface area contributed by atoms with Crippen molar-refractivity contribution in [2.75, 3.05) is 0 Å². The van der Waals surface area contributed by atoms with Gasteiger partial charge < -0.3 is 10.6 Å². The largest absolute Gasteiger partial charge is 0.351 e. The van der Waals surface area contributed by atoms with Crippen LogP contribution in [0.5, 0.6) is 0 Å². The van der Waals surface area contributed by atoms with Gasteiger partial charge in [0.1, 0.15) is 0 Å². The Morgan fingerprint density at radius 2 is 1.67 bits per heavy atom. The lowest BCUT2D eigenvalue weighted by atomic mass is 9.90. The van der Waals surface area contributed by atoms with Crippen LogP contribution in [0.3, 0.4) is 0 Å². The Kier molecular flexibility index (Phi) is 4.90. The van der Waals surface area contributed by atoms with E-state index >= 15 is 0 Å². The van der Waals surface area contributed by atoms with Crippen LogP contribution in [-0.4, -0.2) is 10.9 Å². The summed E-state index contributed by atoms with van der Waals surface area (Å²) in [6.45, 7) is 1.52. The lowest BCUT2D eigenvalue weighted by molar-refractivity contribution is -0.113. The molecule has 0 aliphatic carbocycles. The molecule has 0 amide bonds. The van der Waals surface area contributed by atoms with Gasteiger partial charge in [-0.05, 0) is 36.8 Å². The summed E-state index contributed by atoms with van der Waals surface area (Å²) in [5, 5.41) is 7.59. The summed E-state index contributed by atoms with van der Waals surface area (Å²) in [7, 11) is 0. The van der Waals surface area contributed by atoms with E-state index in [0.717, 1.165) is 5.56 Å². The molecular formula is C18H14Cl2N2OS. The normalized spacial score (nSPS) is 17.3. The molecule has 1 heterocycles. The molecule has 0 fully saturated rings. The number of halogens is 2. The number of carbonyl (C=O) groups is 1. The molecular weight excluding hydrogens is 363 g/mol. The predicted octanol–water partition coefficient (Wildman–Crippen LogP) is 4.51. The summed E-state index contributed by atoms with van der Waals surface area (Å²) in [6, 6.07) is 14.3. The maximum Gasteiger partial charge on any atom is 0.171 e. The number of Topliss-reactive ketones (excluding diaryl/α,β-unsaturated/α-hetero) is 1. The summed E-state index contributed by atoms with van der Waals surface area (Å²) in [5.41, 5.74) is 2.74. The van der Waals surface area contributed by atoms with Gasteiger partial charge in [-0.3, -0.25) is 4.79 Å². The number of benzene rings is 2. The van der Waals surface area contributed by atoms with Crippen LogP contribution in [0.2, 0.25) is 10.0 Å². The number of hydrogen-bond donors (Lipinski definition) is 2. The number of hydrogen-bond acceptors (Lipinski definition) is 2. The molecule has 2 aromatic rings. The van der Waals surface area contributed by atoms with E-state index in [2.05, 4.69) is 10.6 Å². The summed E-state index contributed by atoms with van der Waals surface area (Å²) in [5.74, 6) is -0.0858. The van der Waals surface area contributed by atoms with E-state index < -0.39 is 6.04 Å². The molecule has 0 radical (unpaired) electrons. The topological polar surface area (TPSA) is 41.1 Å². The van der Waals surface area contributed by atoms with Crippen molar-refractivity contribution in [3.8, 4) is 0 Å². The molecule has 2 aromatic carbocycles. The van der Waals surface area contributed by atoms with E-state index in [1.54, 1.807) is 18.2 Å². The van der Waals surface area contributed by atoms with Gasteiger partial charge in [0.05, 0.1) is 11.7 Å². The maximum absolute atomic E-state index is 12.4. The van der Waals surface area contributed by atoms with Crippen molar-refractivity contribution in [3.05, 3.63) is 75.3 Å². The lowest BCUT2D eigenvalue weighted by Crippen LogP contribution is -2.44. The molecule has 122 valence electrons. The van der Waals surface area contributed by atoms with Gasteiger partial charge in [0.25, 0.3) is 0 Å². The third-order valence-corrected chi connectivity index (χ3v) is 4.68. The van der Waals surface area contributed by atoms with Crippen LogP contribution in [0, 0.1) is 0 Å². The van der Waals surface area contributed by atoms with E-state index in [-0.39, 0.29) is 5.78 Å². The molecule has 0 saturated heterocycles. The molecule has 1 aliphatic rings. The van der Waals surface area contributed by atoms with Crippen molar-refractivity contribution in [3.63, 3.8) is 0 Å². The highest BCUT2D eigenvalue weighted by Crippen LogP contribution is 2.38. The number of ketones is 1. The number of nitrogens with one attached hydrogen (secondary N) is 2. The SMILES string of the molecule is CC(=O)C1=C(c2ccccc2)NC(=S)N[C@@H]1c1c(Cl)cccc1Cl. The van der Waals surface area contributed by atoms with Gasteiger partial charge in [0, 0.05) is 21.2 Å². The Labute approximate surface area is 155 Å². The molecule has 6 heteroatoms. The first-order valence-corrected chi connectivity index (χ1v) is 8.47. The van der Waals surface area contributed by atoms with E-state index in [4.69, 9.17) is 35.4 Å². The Bertz CT molecular complexity index is 829. The van der Waals surface area contributed by atoms with Crippen LogP contribution in [0.25, 0.3) is 5.70 Å². The van der Waals surface area contributed by atoms with E-state index in [9.17, 15) is 4.79 Å². The zero-order valence-electron chi connectivity index (χ0n) is 12.8. The van der Waals surface area contributed by atoms with Gasteiger partial charge >= 0.3 is 0 Å². The van der Waals surface area contributed by atoms with Crippen molar-refractivity contribution in [2.24, 2.45) is 0 Å². The summed E-state index contributed by atoms with van der Waals surface area (Å²) < 4.78 is 0. The molecule has 0 aromatic heterocycles. The summed E-state index contributed by atoms with van der Waals surface area (Å²) in [4.78, 5) is 12.4. The molecule has 0 spiro atoms. The van der Waals surface area contributed by atoms with Gasteiger partial charge in [-0.1, -0.05) is 59.6 Å². The fourth-order valence-corrected chi connectivity index (χ4v) is 3.61. The van der Waals surface area contributed by atoms with Crippen molar-refractivity contribution >= 4 is 52.0 Å². The first-order valence-electron chi connectivity index (χ1n) is 7.31. The molecule has 24 heavy (non-hydrogen) atoms. The molecule has 3 nitrogen and oxygen atoms in total. The van der Waals surface area contributed by atoms with Crippen molar-refractivity contribution in [1.82, 2.24) is 10.6 Å². The molecule has 3 rings (SSSR count). The van der Waals surface area contributed by atoms with Gasteiger partial charge in [-0.2, -0.15) is 0 Å². The van der Waals surface area contributed by atoms with Crippen molar-refractivity contribution in [2.45, 2.75) is 13.0 Å². The van der Waals surface area contributed by atoms with Crippen LogP contribution in [0.1, 0.15) is 24.1 Å². The third kappa shape index (κ3) is 3.18. The van der Waals surface area contributed by atoms with E-state index in [1.807, 2.05) is 30.3 Å². The Hall–Kier alpha value is -1.88. The predicted molar refractivity (Wildman–Crippen MR) is 102 cm³/mol. The molecule has 0 bridgehead atoms. The second-order valence-corrected chi connectivity index (χ2v) is 6.60. The third-order valence-electron chi connectivity index (χ3n) is 3.80. The highest BCUT2D eigenvalue weighted by atomic mass is 35.5. The summed E-state index contributed by atoms with van der Waals surface area (Å²) in [6.07, 6.45) is 0. The Morgan fingerprint density at radius 1 is 1.04 bits per heavy atom. The Morgan fingerprint density at radius 3 is 2.25 bits per heavy atom. The van der Waals surface area contributed by atoms with Crippen molar-refractivity contribution < 1.29 is 4.79 Å². The fourth-order valence-electron chi connectivity index (χ4n) is 2.78. The van der Waals surface area contributed by atoms with Crippen LogP contribution < -0.4 is 10.6 Å². The smallest absolute Gasteiger partial charge is 0.171 e. The van der Waals surface area contributed by atoms with Crippen molar-refractivity contribution in [1.29, 1.82) is 0 Å². The molecule has 2 N–H and O–H groups in total. The fraction of sp³-hybridized carbons (Fsp3) is 0.111. The highest BCUT2D eigenvalue weighted by molar-refractivity contribution is 7.80. The number of thiocarbonyl (C=S) groups is 1. The minimum atomic E-state index is -0.507. The molecule has 1 atom stereocenters. The minimum Gasteiger partial charge on any atom is -0.351 e.